The highest BCUT2D eigenvalue weighted by atomic mass is 19.1. The molecule has 9 nitrogen and oxygen atoms in total. The molecule has 1 saturated heterocycles. The van der Waals surface area contributed by atoms with Gasteiger partial charge in [-0.25, -0.2) is 19.2 Å². The SMILES string of the molecule is CC(C)(O)c1cnc(N2C[C@@]3(CC[C@H](F)[C@](C)(Cn4cnc5ccc(C#N)cc54)C3)OC2=O)cn1. The molecule has 1 aromatic carbocycles. The highest BCUT2D eigenvalue weighted by Crippen LogP contribution is 2.49. The first-order chi connectivity index (χ1) is 16.5. The van der Waals surface area contributed by atoms with E-state index in [1.54, 1.807) is 38.4 Å². The number of ether oxygens (including phenoxy) is 1. The number of aromatic nitrogens is 4. The molecule has 1 aliphatic heterocycles. The average molecular weight is 479 g/mol. The van der Waals surface area contributed by atoms with Gasteiger partial charge < -0.3 is 14.4 Å². The Morgan fingerprint density at radius 3 is 2.80 bits per heavy atom. The van der Waals surface area contributed by atoms with Crippen molar-refractivity contribution < 1.29 is 19.0 Å². The van der Waals surface area contributed by atoms with E-state index in [2.05, 4.69) is 21.0 Å². The molecule has 3 heterocycles. The summed E-state index contributed by atoms with van der Waals surface area (Å²) >= 11 is 0. The van der Waals surface area contributed by atoms with Crippen LogP contribution in [0.15, 0.2) is 36.9 Å². The highest BCUT2D eigenvalue weighted by Gasteiger charge is 2.55. The molecular formula is C25H27FN6O3. The van der Waals surface area contributed by atoms with Crippen LogP contribution in [0.5, 0.6) is 0 Å². The van der Waals surface area contributed by atoms with Gasteiger partial charge in [0.25, 0.3) is 0 Å². The predicted molar refractivity (Wildman–Crippen MR) is 125 cm³/mol. The Bertz CT molecular complexity index is 1330. The van der Waals surface area contributed by atoms with Crippen molar-refractivity contribution in [2.75, 3.05) is 11.4 Å². The molecule has 0 unspecified atom stereocenters. The minimum absolute atomic E-state index is 0.244. The second-order valence-electron chi connectivity index (χ2n) is 10.5. The summed E-state index contributed by atoms with van der Waals surface area (Å²) in [5.74, 6) is 0.327. The molecule has 0 bridgehead atoms. The Balaban J connectivity index is 1.39. The van der Waals surface area contributed by atoms with Gasteiger partial charge in [0, 0.05) is 12.0 Å². The number of carbonyl (C=O) groups is 1. The van der Waals surface area contributed by atoms with Crippen LogP contribution in [0.1, 0.15) is 51.3 Å². The summed E-state index contributed by atoms with van der Waals surface area (Å²) in [4.78, 5) is 27.2. The number of alkyl halides is 1. The number of amides is 1. The molecule has 2 aliphatic rings. The van der Waals surface area contributed by atoms with Crippen molar-refractivity contribution in [3.05, 3.63) is 48.2 Å². The molecule has 0 radical (unpaired) electrons. The van der Waals surface area contributed by atoms with E-state index < -0.39 is 28.9 Å². The number of halogens is 1. The zero-order valence-electron chi connectivity index (χ0n) is 19.9. The third kappa shape index (κ3) is 4.10. The number of nitriles is 1. The van der Waals surface area contributed by atoms with Crippen LogP contribution < -0.4 is 4.90 Å². The molecule has 35 heavy (non-hydrogen) atoms. The molecule has 10 heteroatoms. The lowest BCUT2D eigenvalue weighted by atomic mass is 9.67. The molecular weight excluding hydrogens is 451 g/mol. The van der Waals surface area contributed by atoms with E-state index in [0.717, 1.165) is 11.0 Å². The number of anilines is 1. The maximum absolute atomic E-state index is 15.4. The predicted octanol–water partition coefficient (Wildman–Crippen LogP) is 3.85. The van der Waals surface area contributed by atoms with Crippen LogP contribution in [-0.4, -0.2) is 49.0 Å². The normalized spacial score (nSPS) is 26.8. The van der Waals surface area contributed by atoms with Gasteiger partial charge >= 0.3 is 6.09 Å². The number of aliphatic hydroxyl groups is 1. The summed E-state index contributed by atoms with van der Waals surface area (Å²) in [6.45, 7) is 5.66. The molecule has 1 N–H and O–H groups in total. The first-order valence-corrected chi connectivity index (χ1v) is 11.6. The van der Waals surface area contributed by atoms with E-state index >= 15 is 4.39 Å². The van der Waals surface area contributed by atoms with Crippen LogP contribution in [-0.2, 0) is 16.9 Å². The Kier molecular flexibility index (Phi) is 5.29. The molecule has 2 aromatic heterocycles. The minimum Gasteiger partial charge on any atom is -0.441 e. The van der Waals surface area contributed by atoms with Crippen LogP contribution in [0.25, 0.3) is 11.0 Å². The van der Waals surface area contributed by atoms with Crippen LogP contribution in [0.2, 0.25) is 0 Å². The molecule has 1 saturated carbocycles. The molecule has 1 amide bonds. The summed E-state index contributed by atoms with van der Waals surface area (Å²) in [5, 5.41) is 19.4. The Morgan fingerprint density at radius 1 is 1.31 bits per heavy atom. The lowest BCUT2D eigenvalue weighted by Crippen LogP contribution is -2.50. The van der Waals surface area contributed by atoms with Gasteiger partial charge in [0.05, 0.1) is 53.6 Å². The van der Waals surface area contributed by atoms with Gasteiger partial charge in [0.2, 0.25) is 0 Å². The number of nitrogens with zero attached hydrogens (tertiary/aromatic N) is 6. The van der Waals surface area contributed by atoms with E-state index in [0.29, 0.717) is 36.5 Å². The fourth-order valence-corrected chi connectivity index (χ4v) is 5.27. The number of rotatable bonds is 4. The third-order valence-electron chi connectivity index (χ3n) is 7.13. The first-order valence-electron chi connectivity index (χ1n) is 11.6. The molecule has 3 aromatic rings. The fraction of sp³-hybridized carbons (Fsp3) is 0.480. The zero-order chi connectivity index (χ0) is 25.0. The number of hydrogen-bond donors (Lipinski definition) is 1. The van der Waals surface area contributed by atoms with Gasteiger partial charge in [0.1, 0.15) is 17.4 Å². The quantitative estimate of drug-likeness (QED) is 0.605. The first kappa shape index (κ1) is 23.2. The number of imidazole rings is 1. The van der Waals surface area contributed by atoms with Crippen LogP contribution >= 0.6 is 0 Å². The van der Waals surface area contributed by atoms with Crippen molar-refractivity contribution in [3.8, 4) is 6.07 Å². The Hall–Kier alpha value is -3.58. The van der Waals surface area contributed by atoms with E-state index in [-0.39, 0.29) is 13.0 Å². The van der Waals surface area contributed by atoms with E-state index in [1.165, 1.54) is 17.3 Å². The number of fused-ring (bicyclic) bond motifs is 1. The molecule has 3 atom stereocenters. The second kappa shape index (κ2) is 7.99. The number of carbonyl (C=O) groups excluding carboxylic acids is 1. The van der Waals surface area contributed by atoms with Gasteiger partial charge in [-0.05, 0) is 51.3 Å². The van der Waals surface area contributed by atoms with Crippen LogP contribution in [0.4, 0.5) is 15.0 Å². The van der Waals surface area contributed by atoms with Crippen LogP contribution in [0, 0.1) is 16.7 Å². The molecule has 182 valence electrons. The standard InChI is InChI=1S/C25H27FN6O3/c1-23(2,34)20-10-29-21(11-28-20)32-14-25(35-22(32)33)7-6-19(26)24(3,12-25)13-31-15-30-17-5-4-16(9-27)8-18(17)31/h4-5,8,10-11,15,19,34H,6-7,12-14H2,1-3H3/t19-,24-,25-/m0/s1. The minimum atomic E-state index is -1.15. The lowest BCUT2D eigenvalue weighted by molar-refractivity contribution is -0.0663. The molecule has 1 spiro atoms. The van der Waals surface area contributed by atoms with E-state index in [1.807, 2.05) is 11.5 Å². The molecule has 1 aliphatic carbocycles. The monoisotopic (exact) mass is 478 g/mol. The smallest absolute Gasteiger partial charge is 0.416 e. The average Bonchev–Trinajstić information content (AvgIpc) is 3.36. The van der Waals surface area contributed by atoms with Crippen LogP contribution in [0.3, 0.4) is 0 Å². The molecule has 2 fully saturated rings. The van der Waals surface area contributed by atoms with Crippen molar-refractivity contribution in [1.82, 2.24) is 19.5 Å². The lowest BCUT2D eigenvalue weighted by Gasteiger charge is -2.45. The van der Waals surface area contributed by atoms with Gasteiger partial charge in [-0.15, -0.1) is 0 Å². The maximum Gasteiger partial charge on any atom is 0.416 e. The van der Waals surface area contributed by atoms with Crippen molar-refractivity contribution >= 4 is 22.9 Å². The number of benzene rings is 1. The third-order valence-corrected chi connectivity index (χ3v) is 7.13. The van der Waals surface area contributed by atoms with Gasteiger partial charge in [0.15, 0.2) is 5.82 Å². The zero-order valence-corrected chi connectivity index (χ0v) is 19.9. The Labute approximate surface area is 202 Å². The highest BCUT2D eigenvalue weighted by molar-refractivity contribution is 5.89. The van der Waals surface area contributed by atoms with E-state index in [4.69, 9.17) is 4.74 Å². The van der Waals surface area contributed by atoms with Gasteiger partial charge in [-0.1, -0.05) is 6.92 Å². The summed E-state index contributed by atoms with van der Waals surface area (Å²) in [5.41, 5.74) is -0.407. The largest absolute Gasteiger partial charge is 0.441 e. The van der Waals surface area contributed by atoms with Crippen molar-refractivity contribution in [2.45, 2.75) is 64.0 Å². The fourth-order valence-electron chi connectivity index (χ4n) is 5.27. The van der Waals surface area contributed by atoms with Crippen molar-refractivity contribution in [3.63, 3.8) is 0 Å². The second-order valence-corrected chi connectivity index (χ2v) is 10.5. The van der Waals surface area contributed by atoms with E-state index in [9.17, 15) is 15.2 Å². The summed E-state index contributed by atoms with van der Waals surface area (Å²) in [7, 11) is 0. The summed E-state index contributed by atoms with van der Waals surface area (Å²) in [6, 6.07) is 7.37. The van der Waals surface area contributed by atoms with Gasteiger partial charge in [-0.3, -0.25) is 9.88 Å². The van der Waals surface area contributed by atoms with Gasteiger partial charge in [-0.2, -0.15) is 5.26 Å². The number of hydrogen-bond acceptors (Lipinski definition) is 7. The Morgan fingerprint density at radius 2 is 2.11 bits per heavy atom. The summed E-state index contributed by atoms with van der Waals surface area (Å²) in [6.07, 6.45) is 3.91. The summed E-state index contributed by atoms with van der Waals surface area (Å²) < 4.78 is 23.1. The maximum atomic E-state index is 15.4. The topological polar surface area (TPSA) is 117 Å². The molecule has 5 rings (SSSR count). The van der Waals surface area contributed by atoms with Crippen molar-refractivity contribution in [2.24, 2.45) is 5.41 Å². The van der Waals surface area contributed by atoms with Crippen molar-refractivity contribution in [1.29, 1.82) is 5.26 Å².